The Kier molecular flexibility index (Phi) is 3.26. The molecule has 3 atom stereocenters. The number of rotatable bonds is 3. The van der Waals surface area contributed by atoms with E-state index in [1.165, 1.54) is 4.88 Å². The molecule has 2 aliphatic rings. The van der Waals surface area contributed by atoms with Crippen LogP contribution in [-0.4, -0.2) is 35.7 Å². The maximum atomic E-state index is 6.01. The molecule has 1 aromatic heterocycles. The molecule has 4 nitrogen and oxygen atoms in total. The molecule has 0 aromatic carbocycles. The smallest absolute Gasteiger partial charge is 0.192 e. The predicted molar refractivity (Wildman–Crippen MR) is 73.7 cm³/mol. The number of nitrogens with zero attached hydrogens (tertiary/aromatic N) is 2. The van der Waals surface area contributed by atoms with E-state index in [1.807, 2.05) is 0 Å². The number of hydrogen-bond acceptors (Lipinski definition) is 5. The highest BCUT2D eigenvalue weighted by Crippen LogP contribution is 2.28. The van der Waals surface area contributed by atoms with Crippen molar-refractivity contribution < 1.29 is 4.74 Å². The highest BCUT2D eigenvalue weighted by atomic mass is 32.1. The minimum atomic E-state index is 0.282. The quantitative estimate of drug-likeness (QED) is 0.907. The van der Waals surface area contributed by atoms with E-state index in [0.29, 0.717) is 18.1 Å². The van der Waals surface area contributed by atoms with Crippen molar-refractivity contribution in [1.82, 2.24) is 4.90 Å². The Bertz CT molecular complexity index is 431. The maximum absolute atomic E-state index is 6.01. The largest absolute Gasteiger partial charge is 0.373 e. The molecule has 0 saturated carbocycles. The Morgan fingerprint density at radius 2 is 2.44 bits per heavy atom. The van der Waals surface area contributed by atoms with Crippen molar-refractivity contribution in [3.8, 4) is 0 Å². The standard InChI is InChI=1S/C13H19N3OS/c1-9-4-5-12(17-9)11-7-15-13(14)16(11)8-10-3-2-6-18-10/h2-3,6,9,11-12H,4-5,7-8H2,1H3,(H2,14,15). The van der Waals surface area contributed by atoms with Crippen LogP contribution in [-0.2, 0) is 11.3 Å². The summed E-state index contributed by atoms with van der Waals surface area (Å²) in [6.45, 7) is 3.77. The van der Waals surface area contributed by atoms with Crippen molar-refractivity contribution in [3.63, 3.8) is 0 Å². The van der Waals surface area contributed by atoms with Gasteiger partial charge in [-0.3, -0.25) is 4.99 Å². The molecule has 3 rings (SSSR count). The number of aliphatic imine (C=N–C) groups is 1. The molecule has 1 fully saturated rings. The van der Waals surface area contributed by atoms with Crippen LogP contribution >= 0.6 is 11.3 Å². The van der Waals surface area contributed by atoms with Crippen molar-refractivity contribution in [2.24, 2.45) is 10.7 Å². The van der Waals surface area contributed by atoms with Gasteiger partial charge in [0.05, 0.1) is 31.3 Å². The average molecular weight is 265 g/mol. The van der Waals surface area contributed by atoms with Crippen LogP contribution in [0, 0.1) is 0 Å². The minimum Gasteiger partial charge on any atom is -0.373 e. The van der Waals surface area contributed by atoms with Gasteiger partial charge in [-0.05, 0) is 31.2 Å². The Morgan fingerprint density at radius 1 is 1.56 bits per heavy atom. The van der Waals surface area contributed by atoms with Gasteiger partial charge < -0.3 is 15.4 Å². The first kappa shape index (κ1) is 12.0. The van der Waals surface area contributed by atoms with Gasteiger partial charge in [0, 0.05) is 4.88 Å². The number of nitrogens with two attached hydrogens (primary N) is 1. The second-order valence-electron chi connectivity index (χ2n) is 5.04. The summed E-state index contributed by atoms with van der Waals surface area (Å²) in [5.41, 5.74) is 6.01. The Labute approximate surface area is 111 Å². The van der Waals surface area contributed by atoms with Crippen LogP contribution in [0.3, 0.4) is 0 Å². The summed E-state index contributed by atoms with van der Waals surface area (Å²) in [7, 11) is 0. The summed E-state index contributed by atoms with van der Waals surface area (Å²) < 4.78 is 5.98. The summed E-state index contributed by atoms with van der Waals surface area (Å²) >= 11 is 1.76. The van der Waals surface area contributed by atoms with E-state index >= 15 is 0 Å². The van der Waals surface area contributed by atoms with E-state index in [4.69, 9.17) is 10.5 Å². The first-order valence-electron chi connectivity index (χ1n) is 6.48. The van der Waals surface area contributed by atoms with Crippen molar-refractivity contribution >= 4 is 17.3 Å². The van der Waals surface area contributed by atoms with E-state index in [2.05, 4.69) is 34.3 Å². The lowest BCUT2D eigenvalue weighted by molar-refractivity contribution is 0.0159. The van der Waals surface area contributed by atoms with E-state index in [1.54, 1.807) is 11.3 Å². The van der Waals surface area contributed by atoms with E-state index < -0.39 is 0 Å². The van der Waals surface area contributed by atoms with Crippen LogP contribution in [0.2, 0.25) is 0 Å². The molecule has 2 aliphatic heterocycles. The van der Waals surface area contributed by atoms with Gasteiger partial charge in [-0.2, -0.15) is 0 Å². The molecule has 0 bridgehead atoms. The van der Waals surface area contributed by atoms with Gasteiger partial charge in [-0.1, -0.05) is 6.07 Å². The SMILES string of the molecule is CC1CCC(C2CN=C(N)N2Cc2cccs2)O1. The summed E-state index contributed by atoms with van der Waals surface area (Å²) in [5.74, 6) is 0.663. The van der Waals surface area contributed by atoms with Gasteiger partial charge in [0.2, 0.25) is 0 Å². The molecule has 0 amide bonds. The molecule has 0 radical (unpaired) electrons. The molecule has 0 aliphatic carbocycles. The molecule has 2 N–H and O–H groups in total. The number of hydrogen-bond donors (Lipinski definition) is 1. The van der Waals surface area contributed by atoms with Crippen LogP contribution in [0.15, 0.2) is 22.5 Å². The third-order valence-electron chi connectivity index (χ3n) is 3.74. The van der Waals surface area contributed by atoms with E-state index in [9.17, 15) is 0 Å². The first-order valence-corrected chi connectivity index (χ1v) is 7.36. The number of ether oxygens (including phenoxy) is 1. The first-order chi connectivity index (χ1) is 8.74. The highest BCUT2D eigenvalue weighted by Gasteiger charge is 2.37. The highest BCUT2D eigenvalue weighted by molar-refractivity contribution is 7.09. The van der Waals surface area contributed by atoms with Gasteiger partial charge >= 0.3 is 0 Å². The zero-order chi connectivity index (χ0) is 12.5. The molecule has 3 unspecified atom stereocenters. The van der Waals surface area contributed by atoms with E-state index in [0.717, 1.165) is 25.9 Å². The predicted octanol–water partition coefficient (Wildman–Crippen LogP) is 1.81. The minimum absolute atomic E-state index is 0.282. The van der Waals surface area contributed by atoms with Crippen molar-refractivity contribution in [2.75, 3.05) is 6.54 Å². The fraction of sp³-hybridized carbons (Fsp3) is 0.615. The molecule has 3 heterocycles. The molecular weight excluding hydrogens is 246 g/mol. The van der Waals surface area contributed by atoms with Gasteiger partial charge in [-0.25, -0.2) is 0 Å². The van der Waals surface area contributed by atoms with Gasteiger partial charge in [0.25, 0.3) is 0 Å². The molecule has 1 aromatic rings. The zero-order valence-electron chi connectivity index (χ0n) is 10.6. The topological polar surface area (TPSA) is 50.8 Å². The second-order valence-corrected chi connectivity index (χ2v) is 6.07. The lowest BCUT2D eigenvalue weighted by Crippen LogP contribution is -2.46. The Balaban J connectivity index is 1.71. The number of guanidine groups is 1. The fourth-order valence-electron chi connectivity index (χ4n) is 2.75. The third kappa shape index (κ3) is 2.24. The van der Waals surface area contributed by atoms with Crippen LogP contribution < -0.4 is 5.73 Å². The summed E-state index contributed by atoms with van der Waals surface area (Å²) in [5, 5.41) is 2.10. The third-order valence-corrected chi connectivity index (χ3v) is 4.60. The molecule has 0 spiro atoms. The Hall–Kier alpha value is -1.07. The summed E-state index contributed by atoms with van der Waals surface area (Å²) in [4.78, 5) is 7.92. The van der Waals surface area contributed by atoms with Crippen molar-refractivity contribution in [3.05, 3.63) is 22.4 Å². The summed E-state index contributed by atoms with van der Waals surface area (Å²) in [6.07, 6.45) is 2.92. The van der Waals surface area contributed by atoms with Crippen molar-refractivity contribution in [2.45, 2.75) is 44.6 Å². The van der Waals surface area contributed by atoms with Crippen molar-refractivity contribution in [1.29, 1.82) is 0 Å². The fourth-order valence-corrected chi connectivity index (χ4v) is 3.45. The van der Waals surface area contributed by atoms with Crippen LogP contribution in [0.4, 0.5) is 0 Å². The van der Waals surface area contributed by atoms with Crippen LogP contribution in [0.25, 0.3) is 0 Å². The van der Waals surface area contributed by atoms with Gasteiger partial charge in [0.15, 0.2) is 5.96 Å². The van der Waals surface area contributed by atoms with Crippen LogP contribution in [0.1, 0.15) is 24.6 Å². The van der Waals surface area contributed by atoms with E-state index in [-0.39, 0.29) is 6.10 Å². The van der Waals surface area contributed by atoms with Crippen LogP contribution in [0.5, 0.6) is 0 Å². The number of thiophene rings is 1. The summed E-state index contributed by atoms with van der Waals surface area (Å²) in [6, 6.07) is 4.54. The second kappa shape index (κ2) is 4.90. The lowest BCUT2D eigenvalue weighted by Gasteiger charge is -2.30. The molecule has 18 heavy (non-hydrogen) atoms. The average Bonchev–Trinajstić information content (AvgIpc) is 3.04. The normalized spacial score (nSPS) is 31.9. The molecule has 98 valence electrons. The molecule has 1 saturated heterocycles. The molecular formula is C13H19N3OS. The van der Waals surface area contributed by atoms with Gasteiger partial charge in [-0.15, -0.1) is 11.3 Å². The monoisotopic (exact) mass is 265 g/mol. The Morgan fingerprint density at radius 3 is 3.11 bits per heavy atom. The van der Waals surface area contributed by atoms with Gasteiger partial charge in [0.1, 0.15) is 0 Å². The lowest BCUT2D eigenvalue weighted by atomic mass is 10.1. The maximum Gasteiger partial charge on any atom is 0.192 e. The molecule has 5 heteroatoms. The zero-order valence-corrected chi connectivity index (χ0v) is 11.4.